The largest absolute Gasteiger partial charge is 0.351 e. The van der Waals surface area contributed by atoms with Crippen molar-refractivity contribution in [2.24, 2.45) is 0 Å². The van der Waals surface area contributed by atoms with E-state index in [1.54, 1.807) is 0 Å². The van der Waals surface area contributed by atoms with Gasteiger partial charge in [-0.1, -0.05) is 48.5 Å². The predicted octanol–water partition coefficient (Wildman–Crippen LogP) is 2.74. The van der Waals surface area contributed by atoms with Crippen LogP contribution >= 0.6 is 0 Å². The number of hydrogen-bond donors (Lipinski definition) is 1. The maximum Gasteiger partial charge on any atom is 0.234 e. The van der Waals surface area contributed by atoms with Crippen LogP contribution in [0.15, 0.2) is 48.5 Å². The smallest absolute Gasteiger partial charge is 0.234 e. The van der Waals surface area contributed by atoms with E-state index in [1.807, 2.05) is 12.1 Å². The molecule has 0 aliphatic carbocycles. The number of carbonyl (C=O) groups excluding carboxylic acids is 1. The molecule has 0 saturated carbocycles. The fourth-order valence-electron chi connectivity index (χ4n) is 3.40. The zero-order valence-electron chi connectivity index (χ0n) is 15.9. The van der Waals surface area contributed by atoms with E-state index in [9.17, 15) is 4.79 Å². The second-order valence-electron chi connectivity index (χ2n) is 7.18. The van der Waals surface area contributed by atoms with Crippen molar-refractivity contribution in [1.29, 1.82) is 0 Å². The SMILES string of the molecule is Cc1ccccc1CNC(=O)CN1CCN(Cc2ccccc2C)CC1. The van der Waals surface area contributed by atoms with E-state index in [2.05, 4.69) is 65.4 Å². The molecule has 1 heterocycles. The highest BCUT2D eigenvalue weighted by Gasteiger charge is 2.19. The first-order valence-corrected chi connectivity index (χ1v) is 9.42. The topological polar surface area (TPSA) is 35.6 Å². The van der Waals surface area contributed by atoms with E-state index in [0.29, 0.717) is 13.1 Å². The fourth-order valence-corrected chi connectivity index (χ4v) is 3.40. The lowest BCUT2D eigenvalue weighted by Crippen LogP contribution is -2.49. The molecule has 4 heteroatoms. The van der Waals surface area contributed by atoms with Crippen LogP contribution in [0.4, 0.5) is 0 Å². The van der Waals surface area contributed by atoms with Gasteiger partial charge in [0.25, 0.3) is 0 Å². The molecule has 1 aliphatic rings. The minimum absolute atomic E-state index is 0.112. The van der Waals surface area contributed by atoms with Crippen LogP contribution in [0.3, 0.4) is 0 Å². The van der Waals surface area contributed by atoms with Gasteiger partial charge >= 0.3 is 0 Å². The zero-order valence-corrected chi connectivity index (χ0v) is 15.9. The normalized spacial score (nSPS) is 15.8. The third-order valence-corrected chi connectivity index (χ3v) is 5.22. The Balaban J connectivity index is 1.40. The van der Waals surface area contributed by atoms with Gasteiger partial charge in [-0.2, -0.15) is 0 Å². The van der Waals surface area contributed by atoms with Crippen LogP contribution in [-0.4, -0.2) is 48.4 Å². The Morgan fingerprint density at radius 2 is 1.38 bits per heavy atom. The minimum atomic E-state index is 0.112. The van der Waals surface area contributed by atoms with E-state index in [0.717, 1.165) is 32.7 Å². The van der Waals surface area contributed by atoms with E-state index in [4.69, 9.17) is 0 Å². The van der Waals surface area contributed by atoms with E-state index >= 15 is 0 Å². The van der Waals surface area contributed by atoms with Gasteiger partial charge < -0.3 is 5.32 Å². The molecule has 0 bridgehead atoms. The molecule has 2 aromatic carbocycles. The average Bonchev–Trinajstić information content (AvgIpc) is 2.64. The highest BCUT2D eigenvalue weighted by atomic mass is 16.2. The first-order chi connectivity index (χ1) is 12.6. The molecule has 4 nitrogen and oxygen atoms in total. The molecule has 1 saturated heterocycles. The molecule has 138 valence electrons. The van der Waals surface area contributed by atoms with Crippen molar-refractivity contribution < 1.29 is 4.79 Å². The summed E-state index contributed by atoms with van der Waals surface area (Å²) in [7, 11) is 0. The van der Waals surface area contributed by atoms with Crippen LogP contribution in [0.25, 0.3) is 0 Å². The molecule has 26 heavy (non-hydrogen) atoms. The molecule has 3 rings (SSSR count). The van der Waals surface area contributed by atoms with Crippen LogP contribution in [-0.2, 0) is 17.9 Å². The summed E-state index contributed by atoms with van der Waals surface area (Å²) in [5.74, 6) is 0.112. The lowest BCUT2D eigenvalue weighted by molar-refractivity contribution is -0.122. The minimum Gasteiger partial charge on any atom is -0.351 e. The monoisotopic (exact) mass is 351 g/mol. The van der Waals surface area contributed by atoms with Gasteiger partial charge in [-0.3, -0.25) is 14.6 Å². The molecule has 1 N–H and O–H groups in total. The zero-order chi connectivity index (χ0) is 18.4. The van der Waals surface area contributed by atoms with Crippen molar-refractivity contribution >= 4 is 5.91 Å². The third-order valence-electron chi connectivity index (χ3n) is 5.22. The van der Waals surface area contributed by atoms with Crippen molar-refractivity contribution in [3.63, 3.8) is 0 Å². The van der Waals surface area contributed by atoms with Gasteiger partial charge in [-0.05, 0) is 36.1 Å². The van der Waals surface area contributed by atoms with Crippen molar-refractivity contribution in [1.82, 2.24) is 15.1 Å². The summed E-state index contributed by atoms with van der Waals surface area (Å²) in [5, 5.41) is 3.05. The predicted molar refractivity (Wildman–Crippen MR) is 106 cm³/mol. The molecule has 0 spiro atoms. The van der Waals surface area contributed by atoms with Crippen molar-refractivity contribution in [2.75, 3.05) is 32.7 Å². The quantitative estimate of drug-likeness (QED) is 0.869. The second-order valence-corrected chi connectivity index (χ2v) is 7.18. The number of carbonyl (C=O) groups is 1. The molecule has 0 aromatic heterocycles. The number of rotatable bonds is 6. The van der Waals surface area contributed by atoms with Crippen LogP contribution in [0, 0.1) is 13.8 Å². The van der Waals surface area contributed by atoms with Crippen LogP contribution in [0.1, 0.15) is 22.3 Å². The summed E-state index contributed by atoms with van der Waals surface area (Å²) < 4.78 is 0. The molecule has 0 radical (unpaired) electrons. The molecular formula is C22H29N3O. The summed E-state index contributed by atoms with van der Waals surface area (Å²) in [6, 6.07) is 16.8. The standard InChI is InChI=1S/C22H29N3O/c1-18-7-3-5-9-20(18)15-23-22(26)17-25-13-11-24(12-14-25)16-21-10-6-4-8-19(21)2/h3-10H,11-17H2,1-2H3,(H,23,26). The highest BCUT2D eigenvalue weighted by Crippen LogP contribution is 2.12. The lowest BCUT2D eigenvalue weighted by atomic mass is 10.1. The fraction of sp³-hybridized carbons (Fsp3) is 0.409. The molecule has 1 aliphatic heterocycles. The van der Waals surface area contributed by atoms with Crippen LogP contribution < -0.4 is 5.32 Å². The highest BCUT2D eigenvalue weighted by molar-refractivity contribution is 5.78. The first-order valence-electron chi connectivity index (χ1n) is 9.42. The molecule has 0 atom stereocenters. The van der Waals surface area contributed by atoms with Crippen molar-refractivity contribution in [3.05, 3.63) is 70.8 Å². The third kappa shape index (κ3) is 5.16. The number of amides is 1. The molecule has 2 aromatic rings. The van der Waals surface area contributed by atoms with E-state index in [1.165, 1.54) is 22.3 Å². The lowest BCUT2D eigenvalue weighted by Gasteiger charge is -2.34. The van der Waals surface area contributed by atoms with Crippen molar-refractivity contribution in [3.8, 4) is 0 Å². The summed E-state index contributed by atoms with van der Waals surface area (Å²) in [6.45, 7) is 10.3. The summed E-state index contributed by atoms with van der Waals surface area (Å²) >= 11 is 0. The number of nitrogens with one attached hydrogen (secondary N) is 1. The number of piperazine rings is 1. The Morgan fingerprint density at radius 1 is 0.846 bits per heavy atom. The van der Waals surface area contributed by atoms with E-state index < -0.39 is 0 Å². The van der Waals surface area contributed by atoms with Gasteiger partial charge in [-0.25, -0.2) is 0 Å². The molecule has 1 fully saturated rings. The van der Waals surface area contributed by atoms with Crippen molar-refractivity contribution in [2.45, 2.75) is 26.9 Å². The Hall–Kier alpha value is -2.17. The molecule has 0 unspecified atom stereocenters. The van der Waals surface area contributed by atoms with Gasteiger partial charge in [0, 0.05) is 39.3 Å². The average molecular weight is 351 g/mol. The second kappa shape index (κ2) is 8.97. The van der Waals surface area contributed by atoms with E-state index in [-0.39, 0.29) is 5.91 Å². The number of aryl methyl sites for hydroxylation is 2. The Bertz CT molecular complexity index is 736. The maximum atomic E-state index is 12.2. The molecule has 1 amide bonds. The summed E-state index contributed by atoms with van der Waals surface area (Å²) in [6.07, 6.45) is 0. The van der Waals surface area contributed by atoms with Gasteiger partial charge in [0.15, 0.2) is 0 Å². The maximum absolute atomic E-state index is 12.2. The van der Waals surface area contributed by atoms with Gasteiger partial charge in [-0.15, -0.1) is 0 Å². The Kier molecular flexibility index (Phi) is 6.42. The number of nitrogens with zero attached hydrogens (tertiary/aromatic N) is 2. The Morgan fingerprint density at radius 3 is 2.00 bits per heavy atom. The molecular weight excluding hydrogens is 322 g/mol. The van der Waals surface area contributed by atoms with Gasteiger partial charge in [0.2, 0.25) is 5.91 Å². The van der Waals surface area contributed by atoms with Gasteiger partial charge in [0.05, 0.1) is 6.54 Å². The van der Waals surface area contributed by atoms with Gasteiger partial charge in [0.1, 0.15) is 0 Å². The van der Waals surface area contributed by atoms with Crippen LogP contribution in [0.5, 0.6) is 0 Å². The first kappa shape index (κ1) is 18.6. The number of hydrogen-bond acceptors (Lipinski definition) is 3. The Labute approximate surface area is 156 Å². The summed E-state index contributed by atoms with van der Waals surface area (Å²) in [4.78, 5) is 17.0. The number of benzene rings is 2. The summed E-state index contributed by atoms with van der Waals surface area (Å²) in [5.41, 5.74) is 5.16. The van der Waals surface area contributed by atoms with Crippen LogP contribution in [0.2, 0.25) is 0 Å².